The molecule has 0 heterocycles. The first-order valence-corrected chi connectivity index (χ1v) is 6.89. The molecular weight excluding hydrogens is 252 g/mol. The Morgan fingerprint density at radius 1 is 1.40 bits per heavy atom. The molecule has 1 atom stereocenters. The highest BCUT2D eigenvalue weighted by Crippen LogP contribution is 2.23. The number of carboxylic acids is 1. The van der Waals surface area contributed by atoms with Crippen molar-refractivity contribution in [3.63, 3.8) is 0 Å². The fourth-order valence-corrected chi connectivity index (χ4v) is 1.83. The van der Waals surface area contributed by atoms with Gasteiger partial charge in [-0.2, -0.15) is 0 Å². The molecule has 1 N–H and O–H groups in total. The number of carbonyl (C=O) groups is 1. The lowest BCUT2D eigenvalue weighted by Crippen LogP contribution is -2.06. The second kappa shape index (κ2) is 8.27. The molecule has 3 nitrogen and oxygen atoms in total. The zero-order valence-corrected chi connectivity index (χ0v) is 12.3. The minimum Gasteiger partial charge on any atom is -0.494 e. The summed E-state index contributed by atoms with van der Waals surface area (Å²) in [7, 11) is 0. The highest BCUT2D eigenvalue weighted by molar-refractivity contribution is 5.69. The number of hydrogen-bond acceptors (Lipinski definition) is 2. The zero-order valence-electron chi connectivity index (χ0n) is 12.3. The van der Waals surface area contributed by atoms with Crippen LogP contribution in [0.3, 0.4) is 0 Å². The predicted molar refractivity (Wildman–Crippen MR) is 79.8 cm³/mol. The Labute approximate surface area is 121 Å². The number of ether oxygens (including phenoxy) is 1. The van der Waals surface area contributed by atoms with E-state index in [0.29, 0.717) is 12.5 Å². The van der Waals surface area contributed by atoms with Gasteiger partial charge >= 0.3 is 5.97 Å². The number of rotatable bonds is 7. The summed E-state index contributed by atoms with van der Waals surface area (Å²) in [5.74, 6) is 5.99. The summed E-state index contributed by atoms with van der Waals surface area (Å²) in [4.78, 5) is 10.9. The molecule has 0 radical (unpaired) electrons. The number of benzene rings is 1. The number of hydrogen-bond donors (Lipinski definition) is 1. The van der Waals surface area contributed by atoms with E-state index in [4.69, 9.17) is 9.84 Å². The molecular formula is C17H22O3. The minimum absolute atomic E-state index is 0.0102. The Bertz CT molecular complexity index is 494. The van der Waals surface area contributed by atoms with Crippen LogP contribution in [-0.4, -0.2) is 17.7 Å². The van der Waals surface area contributed by atoms with Gasteiger partial charge in [-0.05, 0) is 37.0 Å². The summed E-state index contributed by atoms with van der Waals surface area (Å²) in [6.07, 6.45) is 1.01. The molecule has 0 spiro atoms. The highest BCUT2D eigenvalue weighted by Gasteiger charge is 2.13. The molecule has 0 bridgehead atoms. The van der Waals surface area contributed by atoms with Crippen molar-refractivity contribution in [2.75, 3.05) is 6.61 Å². The van der Waals surface area contributed by atoms with Gasteiger partial charge in [0.15, 0.2) is 0 Å². The largest absolute Gasteiger partial charge is 0.494 e. The SMILES string of the molecule is CC#CC(CC(=O)O)c1cccc(OCCC(C)C)c1. The van der Waals surface area contributed by atoms with Crippen molar-refractivity contribution in [2.24, 2.45) is 5.92 Å². The molecule has 0 aliphatic rings. The van der Waals surface area contributed by atoms with Crippen molar-refractivity contribution >= 4 is 5.97 Å². The van der Waals surface area contributed by atoms with Crippen LogP contribution in [0.15, 0.2) is 24.3 Å². The maximum atomic E-state index is 10.9. The summed E-state index contributed by atoms with van der Waals surface area (Å²) in [6.45, 7) is 6.70. The standard InChI is InChI=1S/C17H22O3/c1-4-6-14(12-17(18)19)15-7-5-8-16(11-15)20-10-9-13(2)3/h5,7-8,11,13-14H,9-10,12H2,1-3H3,(H,18,19). The Kier molecular flexibility index (Phi) is 6.66. The average molecular weight is 274 g/mol. The molecule has 20 heavy (non-hydrogen) atoms. The van der Waals surface area contributed by atoms with Crippen LogP contribution >= 0.6 is 0 Å². The van der Waals surface area contributed by atoms with Crippen LogP contribution in [0.5, 0.6) is 5.75 Å². The Morgan fingerprint density at radius 3 is 2.75 bits per heavy atom. The van der Waals surface area contributed by atoms with Crippen LogP contribution in [0.1, 0.15) is 45.1 Å². The van der Waals surface area contributed by atoms with Crippen LogP contribution in [0.25, 0.3) is 0 Å². The lowest BCUT2D eigenvalue weighted by Gasteiger charge is -2.12. The first-order chi connectivity index (χ1) is 9.52. The summed E-state index contributed by atoms with van der Waals surface area (Å²) in [5.41, 5.74) is 0.892. The Hall–Kier alpha value is -1.95. The van der Waals surface area contributed by atoms with Crippen LogP contribution in [-0.2, 0) is 4.79 Å². The zero-order chi connectivity index (χ0) is 15.0. The normalized spacial score (nSPS) is 11.6. The van der Waals surface area contributed by atoms with Crippen LogP contribution in [0, 0.1) is 17.8 Å². The molecule has 0 aliphatic heterocycles. The fraction of sp³-hybridized carbons (Fsp3) is 0.471. The van der Waals surface area contributed by atoms with Gasteiger partial charge < -0.3 is 9.84 Å². The topological polar surface area (TPSA) is 46.5 Å². The molecule has 0 aromatic heterocycles. The average Bonchev–Trinajstić information content (AvgIpc) is 2.38. The number of carboxylic acid groups (broad SMARTS) is 1. The molecule has 0 saturated carbocycles. The Balaban J connectivity index is 2.77. The van der Waals surface area contributed by atoms with Gasteiger partial charge in [0.2, 0.25) is 0 Å². The quantitative estimate of drug-likeness (QED) is 0.771. The van der Waals surface area contributed by atoms with Gasteiger partial charge in [0.25, 0.3) is 0 Å². The van der Waals surface area contributed by atoms with E-state index < -0.39 is 5.97 Å². The maximum Gasteiger partial charge on any atom is 0.304 e. The first-order valence-electron chi connectivity index (χ1n) is 6.89. The third-order valence-electron chi connectivity index (χ3n) is 2.92. The third kappa shape index (κ3) is 5.79. The second-order valence-electron chi connectivity index (χ2n) is 5.15. The van der Waals surface area contributed by atoms with Crippen molar-refractivity contribution in [1.82, 2.24) is 0 Å². The van der Waals surface area contributed by atoms with Gasteiger partial charge in [-0.3, -0.25) is 4.79 Å². The Morgan fingerprint density at radius 2 is 2.15 bits per heavy atom. The monoisotopic (exact) mass is 274 g/mol. The predicted octanol–water partition coefficient (Wildman–Crippen LogP) is 3.69. The smallest absolute Gasteiger partial charge is 0.304 e. The summed E-state index contributed by atoms with van der Waals surface area (Å²) in [6, 6.07) is 7.55. The van der Waals surface area contributed by atoms with Crippen LogP contribution in [0.2, 0.25) is 0 Å². The van der Waals surface area contributed by atoms with Crippen molar-refractivity contribution in [2.45, 2.75) is 39.5 Å². The lowest BCUT2D eigenvalue weighted by atomic mass is 9.96. The maximum absolute atomic E-state index is 10.9. The fourth-order valence-electron chi connectivity index (χ4n) is 1.83. The van der Waals surface area contributed by atoms with Gasteiger partial charge in [-0.1, -0.05) is 31.9 Å². The van der Waals surface area contributed by atoms with E-state index >= 15 is 0 Å². The van der Waals surface area contributed by atoms with E-state index in [1.165, 1.54) is 0 Å². The van der Waals surface area contributed by atoms with E-state index in [9.17, 15) is 4.79 Å². The van der Waals surface area contributed by atoms with E-state index in [1.54, 1.807) is 6.92 Å². The molecule has 0 aliphatic carbocycles. The summed E-state index contributed by atoms with van der Waals surface area (Å²) < 4.78 is 5.70. The summed E-state index contributed by atoms with van der Waals surface area (Å²) >= 11 is 0. The summed E-state index contributed by atoms with van der Waals surface area (Å²) in [5, 5.41) is 8.94. The van der Waals surface area contributed by atoms with E-state index in [-0.39, 0.29) is 12.3 Å². The molecule has 1 aromatic rings. The first kappa shape index (κ1) is 16.1. The van der Waals surface area contributed by atoms with Crippen molar-refractivity contribution in [1.29, 1.82) is 0 Å². The minimum atomic E-state index is -0.844. The molecule has 0 fully saturated rings. The molecule has 108 valence electrons. The van der Waals surface area contributed by atoms with Gasteiger partial charge in [-0.25, -0.2) is 0 Å². The second-order valence-corrected chi connectivity index (χ2v) is 5.15. The van der Waals surface area contributed by atoms with Gasteiger partial charge in [0, 0.05) is 0 Å². The van der Waals surface area contributed by atoms with Crippen LogP contribution in [0.4, 0.5) is 0 Å². The van der Waals surface area contributed by atoms with Gasteiger partial charge in [-0.15, -0.1) is 5.92 Å². The highest BCUT2D eigenvalue weighted by atomic mass is 16.5. The van der Waals surface area contributed by atoms with Crippen molar-refractivity contribution < 1.29 is 14.6 Å². The van der Waals surface area contributed by atoms with Gasteiger partial charge in [0.1, 0.15) is 5.75 Å². The van der Waals surface area contributed by atoms with Gasteiger partial charge in [0.05, 0.1) is 18.9 Å². The van der Waals surface area contributed by atoms with Crippen LogP contribution < -0.4 is 4.74 Å². The molecule has 1 aromatic carbocycles. The van der Waals surface area contributed by atoms with Crippen molar-refractivity contribution in [3.8, 4) is 17.6 Å². The lowest BCUT2D eigenvalue weighted by molar-refractivity contribution is -0.137. The molecule has 1 unspecified atom stereocenters. The van der Waals surface area contributed by atoms with E-state index in [2.05, 4.69) is 25.7 Å². The molecule has 3 heteroatoms. The van der Waals surface area contributed by atoms with E-state index in [1.807, 2.05) is 24.3 Å². The molecule has 0 amide bonds. The van der Waals surface area contributed by atoms with E-state index in [0.717, 1.165) is 17.7 Å². The number of aliphatic carboxylic acids is 1. The third-order valence-corrected chi connectivity index (χ3v) is 2.92. The molecule has 0 saturated heterocycles. The molecule has 1 rings (SSSR count). The van der Waals surface area contributed by atoms with Crippen molar-refractivity contribution in [3.05, 3.63) is 29.8 Å².